The zero-order valence-corrected chi connectivity index (χ0v) is 17.8. The van der Waals surface area contributed by atoms with Crippen LogP contribution in [0.3, 0.4) is 0 Å². The molecule has 4 rings (SSSR count). The lowest BCUT2D eigenvalue weighted by Crippen LogP contribution is -2.09. The van der Waals surface area contributed by atoms with E-state index in [0.717, 1.165) is 47.1 Å². The number of hydrogen-bond donors (Lipinski definition) is 1. The highest BCUT2D eigenvalue weighted by Crippen LogP contribution is 2.38. The Morgan fingerprint density at radius 1 is 1.17 bits per heavy atom. The van der Waals surface area contributed by atoms with Crippen LogP contribution in [-0.4, -0.2) is 13.0 Å². The van der Waals surface area contributed by atoms with Crippen LogP contribution in [0.1, 0.15) is 36.7 Å². The number of carbonyl (C=O) groups excluding carboxylic acids is 1. The maximum Gasteiger partial charge on any atom is 0.248 e. The number of benzene rings is 2. The summed E-state index contributed by atoms with van der Waals surface area (Å²) in [6, 6.07) is 8.91. The predicted octanol–water partition coefficient (Wildman–Crippen LogP) is 6.67. The van der Waals surface area contributed by atoms with Crippen LogP contribution in [0.5, 0.6) is 5.75 Å². The fraction of sp³-hybridized carbons (Fsp3) is 0.261. The standard InChI is InChI=1S/C23H21Cl2NO3/c1-13(9-23(27)26-19-10-14(24)7-8-18(19)25)16-11-17-15-5-3-4-6-20(15)29-22(17)12-21(16)28-2/h7-12H,3-6H2,1-2H3,(H,26,27)/b13-9+. The molecule has 1 aromatic heterocycles. The van der Waals surface area contributed by atoms with Gasteiger partial charge in [0.25, 0.3) is 0 Å². The molecule has 0 radical (unpaired) electrons. The van der Waals surface area contributed by atoms with Crippen molar-refractivity contribution in [2.45, 2.75) is 32.6 Å². The first-order valence-electron chi connectivity index (χ1n) is 9.53. The largest absolute Gasteiger partial charge is 0.496 e. The molecule has 6 heteroatoms. The number of hydrogen-bond acceptors (Lipinski definition) is 3. The molecule has 150 valence electrons. The molecule has 29 heavy (non-hydrogen) atoms. The van der Waals surface area contributed by atoms with Crippen molar-refractivity contribution in [3.8, 4) is 5.75 Å². The van der Waals surface area contributed by atoms with Crippen molar-refractivity contribution in [2.24, 2.45) is 0 Å². The van der Waals surface area contributed by atoms with Gasteiger partial charge in [-0.15, -0.1) is 0 Å². The van der Waals surface area contributed by atoms with Crippen LogP contribution in [0.15, 0.2) is 40.8 Å². The maximum absolute atomic E-state index is 12.6. The van der Waals surface area contributed by atoms with Crippen molar-refractivity contribution in [3.05, 3.63) is 63.3 Å². The SMILES string of the molecule is COc1cc2oc3c(c2cc1/C(C)=C/C(=O)Nc1cc(Cl)ccc1Cl)CCCC3. The molecule has 1 N–H and O–H groups in total. The van der Waals surface area contributed by atoms with Gasteiger partial charge in [0.15, 0.2) is 0 Å². The summed E-state index contributed by atoms with van der Waals surface area (Å²) in [7, 11) is 1.62. The predicted molar refractivity (Wildman–Crippen MR) is 118 cm³/mol. The van der Waals surface area contributed by atoms with Crippen LogP contribution < -0.4 is 10.1 Å². The summed E-state index contributed by atoms with van der Waals surface area (Å²) in [5.41, 5.74) is 4.23. The van der Waals surface area contributed by atoms with Gasteiger partial charge in [0.1, 0.15) is 17.1 Å². The van der Waals surface area contributed by atoms with Crippen LogP contribution in [0.25, 0.3) is 16.5 Å². The molecule has 0 saturated carbocycles. The van der Waals surface area contributed by atoms with Crippen molar-refractivity contribution >= 4 is 51.3 Å². The highest BCUT2D eigenvalue weighted by atomic mass is 35.5. The lowest BCUT2D eigenvalue weighted by atomic mass is 9.94. The van der Waals surface area contributed by atoms with Gasteiger partial charge in [-0.2, -0.15) is 0 Å². The Labute approximate surface area is 179 Å². The number of methoxy groups -OCH3 is 1. The van der Waals surface area contributed by atoms with E-state index in [-0.39, 0.29) is 5.91 Å². The van der Waals surface area contributed by atoms with E-state index in [1.165, 1.54) is 18.1 Å². The Morgan fingerprint density at radius 3 is 2.76 bits per heavy atom. The number of allylic oxidation sites excluding steroid dienone is 1. The lowest BCUT2D eigenvalue weighted by molar-refractivity contribution is -0.111. The second-order valence-corrected chi connectivity index (χ2v) is 8.04. The number of halogens is 2. The third kappa shape index (κ3) is 4.00. The van der Waals surface area contributed by atoms with E-state index in [0.29, 0.717) is 21.5 Å². The molecule has 4 nitrogen and oxygen atoms in total. The van der Waals surface area contributed by atoms with Crippen LogP contribution in [-0.2, 0) is 17.6 Å². The Balaban J connectivity index is 1.68. The molecule has 0 bridgehead atoms. The lowest BCUT2D eigenvalue weighted by Gasteiger charge is -2.11. The van der Waals surface area contributed by atoms with Crippen molar-refractivity contribution in [1.82, 2.24) is 0 Å². The quantitative estimate of drug-likeness (QED) is 0.471. The van der Waals surface area contributed by atoms with Crippen molar-refractivity contribution in [3.63, 3.8) is 0 Å². The van der Waals surface area contributed by atoms with E-state index < -0.39 is 0 Å². The van der Waals surface area contributed by atoms with Gasteiger partial charge in [0, 0.05) is 40.1 Å². The van der Waals surface area contributed by atoms with Gasteiger partial charge in [-0.1, -0.05) is 23.2 Å². The first-order chi connectivity index (χ1) is 14.0. The van der Waals surface area contributed by atoms with Gasteiger partial charge in [-0.3, -0.25) is 4.79 Å². The Hall–Kier alpha value is -2.43. The summed E-state index contributed by atoms with van der Waals surface area (Å²) in [6.07, 6.45) is 5.85. The van der Waals surface area contributed by atoms with Gasteiger partial charge in [-0.05, 0) is 56.0 Å². The summed E-state index contributed by atoms with van der Waals surface area (Å²) in [4.78, 5) is 12.6. The average Bonchev–Trinajstić information content (AvgIpc) is 3.07. The highest BCUT2D eigenvalue weighted by molar-refractivity contribution is 6.35. The Bertz CT molecular complexity index is 1130. The van der Waals surface area contributed by atoms with Crippen LogP contribution in [0.2, 0.25) is 10.0 Å². The first kappa shape index (κ1) is 19.9. The van der Waals surface area contributed by atoms with Gasteiger partial charge >= 0.3 is 0 Å². The Morgan fingerprint density at radius 2 is 1.97 bits per heavy atom. The van der Waals surface area contributed by atoms with Crippen LogP contribution in [0, 0.1) is 0 Å². The molecule has 0 saturated heterocycles. The normalized spacial score (nSPS) is 14.0. The van der Waals surface area contributed by atoms with Gasteiger partial charge < -0.3 is 14.5 Å². The van der Waals surface area contributed by atoms with Gasteiger partial charge in [0.2, 0.25) is 5.91 Å². The molecule has 3 aromatic rings. The minimum atomic E-state index is -0.289. The molecule has 0 fully saturated rings. The van der Waals surface area contributed by atoms with E-state index in [4.69, 9.17) is 32.4 Å². The zero-order chi connectivity index (χ0) is 20.5. The number of ether oxygens (including phenoxy) is 1. The topological polar surface area (TPSA) is 51.5 Å². The smallest absolute Gasteiger partial charge is 0.248 e. The number of aryl methyl sites for hydroxylation is 2. The summed E-state index contributed by atoms with van der Waals surface area (Å²) in [5.74, 6) is 1.45. The molecule has 0 aliphatic heterocycles. The highest BCUT2D eigenvalue weighted by Gasteiger charge is 2.20. The van der Waals surface area contributed by atoms with E-state index >= 15 is 0 Å². The second kappa shape index (κ2) is 8.13. The molecular formula is C23H21Cl2NO3. The van der Waals surface area contributed by atoms with Crippen molar-refractivity contribution in [1.29, 1.82) is 0 Å². The minimum absolute atomic E-state index is 0.289. The molecule has 1 amide bonds. The van der Waals surface area contributed by atoms with E-state index in [2.05, 4.69) is 11.4 Å². The summed E-state index contributed by atoms with van der Waals surface area (Å²) in [6.45, 7) is 1.88. The summed E-state index contributed by atoms with van der Waals surface area (Å²) >= 11 is 12.1. The number of amides is 1. The van der Waals surface area contributed by atoms with Crippen molar-refractivity contribution < 1.29 is 13.9 Å². The number of rotatable bonds is 4. The van der Waals surface area contributed by atoms with E-state index in [9.17, 15) is 4.79 Å². The molecule has 0 spiro atoms. The molecular weight excluding hydrogens is 409 g/mol. The van der Waals surface area contributed by atoms with Crippen LogP contribution >= 0.6 is 23.2 Å². The fourth-order valence-corrected chi connectivity index (χ4v) is 4.14. The van der Waals surface area contributed by atoms with Gasteiger partial charge in [0.05, 0.1) is 17.8 Å². The number of nitrogens with one attached hydrogen (secondary N) is 1. The molecule has 0 atom stereocenters. The van der Waals surface area contributed by atoms with Crippen LogP contribution in [0.4, 0.5) is 5.69 Å². The fourth-order valence-electron chi connectivity index (χ4n) is 3.80. The average molecular weight is 430 g/mol. The number of fused-ring (bicyclic) bond motifs is 3. The van der Waals surface area contributed by atoms with Gasteiger partial charge in [-0.25, -0.2) is 0 Å². The number of carbonyl (C=O) groups is 1. The Kier molecular flexibility index (Phi) is 5.57. The molecule has 1 aliphatic rings. The third-order valence-electron chi connectivity index (χ3n) is 5.24. The molecule has 1 heterocycles. The maximum atomic E-state index is 12.6. The molecule has 0 unspecified atom stereocenters. The van der Waals surface area contributed by atoms with E-state index in [1.54, 1.807) is 25.3 Å². The third-order valence-corrected chi connectivity index (χ3v) is 5.80. The molecule has 1 aliphatic carbocycles. The number of anilines is 1. The monoisotopic (exact) mass is 429 g/mol. The number of furan rings is 1. The van der Waals surface area contributed by atoms with E-state index in [1.807, 2.05) is 13.0 Å². The molecule has 2 aromatic carbocycles. The summed E-state index contributed by atoms with van der Waals surface area (Å²) in [5, 5.41) is 4.81. The summed E-state index contributed by atoms with van der Waals surface area (Å²) < 4.78 is 11.6. The first-order valence-corrected chi connectivity index (χ1v) is 10.3. The zero-order valence-electron chi connectivity index (χ0n) is 16.3. The minimum Gasteiger partial charge on any atom is -0.496 e. The van der Waals surface area contributed by atoms with Crippen molar-refractivity contribution in [2.75, 3.05) is 12.4 Å². The second-order valence-electron chi connectivity index (χ2n) is 7.20.